The van der Waals surface area contributed by atoms with Crippen molar-refractivity contribution in [3.05, 3.63) is 0 Å². The molecule has 0 spiro atoms. The van der Waals surface area contributed by atoms with Crippen LogP contribution < -0.4 is 5.32 Å². The highest BCUT2D eigenvalue weighted by molar-refractivity contribution is 5.91. The summed E-state index contributed by atoms with van der Waals surface area (Å²) in [6.07, 6.45) is 0.235. The van der Waals surface area contributed by atoms with E-state index in [1.54, 1.807) is 6.92 Å². The zero-order chi connectivity index (χ0) is 12.1. The molecule has 90 valence electrons. The highest BCUT2D eigenvalue weighted by Gasteiger charge is 2.34. The van der Waals surface area contributed by atoms with Gasteiger partial charge in [0.05, 0.1) is 13.5 Å². The van der Waals surface area contributed by atoms with Crippen molar-refractivity contribution >= 4 is 17.8 Å². The summed E-state index contributed by atoms with van der Waals surface area (Å²) in [5, 5.41) is 2.63. The SMILES string of the molecule is CCC(=O)N1CCNC(=O)C1CC(=O)OC. The lowest BCUT2D eigenvalue weighted by atomic mass is 10.1. The van der Waals surface area contributed by atoms with Gasteiger partial charge in [0.1, 0.15) is 6.04 Å². The molecule has 1 atom stereocenters. The monoisotopic (exact) mass is 228 g/mol. The van der Waals surface area contributed by atoms with Gasteiger partial charge in [-0.05, 0) is 0 Å². The molecule has 1 saturated heterocycles. The average Bonchev–Trinajstić information content (AvgIpc) is 2.30. The van der Waals surface area contributed by atoms with Crippen LogP contribution >= 0.6 is 0 Å². The summed E-state index contributed by atoms with van der Waals surface area (Å²) in [5.74, 6) is -0.904. The van der Waals surface area contributed by atoms with Crippen LogP contribution in [-0.4, -0.2) is 48.9 Å². The van der Waals surface area contributed by atoms with Crippen LogP contribution in [0, 0.1) is 0 Å². The second-order valence-electron chi connectivity index (χ2n) is 3.53. The highest BCUT2D eigenvalue weighted by Crippen LogP contribution is 2.11. The molecule has 0 saturated carbocycles. The third-order valence-electron chi connectivity index (χ3n) is 2.54. The van der Waals surface area contributed by atoms with Gasteiger partial charge in [-0.3, -0.25) is 14.4 Å². The summed E-state index contributed by atoms with van der Waals surface area (Å²) >= 11 is 0. The van der Waals surface area contributed by atoms with Crippen LogP contribution in [0.5, 0.6) is 0 Å². The molecule has 0 aromatic rings. The van der Waals surface area contributed by atoms with Gasteiger partial charge in [-0.25, -0.2) is 0 Å². The molecule has 1 N–H and O–H groups in total. The van der Waals surface area contributed by atoms with E-state index in [1.807, 2.05) is 0 Å². The van der Waals surface area contributed by atoms with Gasteiger partial charge >= 0.3 is 5.97 Å². The normalized spacial score (nSPS) is 20.2. The van der Waals surface area contributed by atoms with Crippen molar-refractivity contribution in [2.45, 2.75) is 25.8 Å². The molecule has 1 rings (SSSR count). The molecule has 0 aromatic carbocycles. The van der Waals surface area contributed by atoms with E-state index in [0.717, 1.165) is 0 Å². The number of ether oxygens (including phenoxy) is 1. The molecule has 0 bridgehead atoms. The molecule has 1 aliphatic heterocycles. The maximum atomic E-state index is 11.6. The minimum Gasteiger partial charge on any atom is -0.469 e. The minimum absolute atomic E-state index is 0.0892. The molecule has 1 aliphatic rings. The third kappa shape index (κ3) is 2.71. The summed E-state index contributed by atoms with van der Waals surface area (Å²) in [4.78, 5) is 35.7. The molecule has 1 fully saturated rings. The maximum absolute atomic E-state index is 11.6. The number of hydrogen-bond donors (Lipinski definition) is 1. The van der Waals surface area contributed by atoms with Gasteiger partial charge in [0.25, 0.3) is 0 Å². The van der Waals surface area contributed by atoms with Crippen molar-refractivity contribution in [3.63, 3.8) is 0 Å². The van der Waals surface area contributed by atoms with Crippen LogP contribution in [0.25, 0.3) is 0 Å². The Labute approximate surface area is 93.9 Å². The Hall–Kier alpha value is -1.59. The minimum atomic E-state index is -0.728. The maximum Gasteiger partial charge on any atom is 0.308 e. The second-order valence-corrected chi connectivity index (χ2v) is 3.53. The second kappa shape index (κ2) is 5.48. The number of nitrogens with zero attached hydrogens (tertiary/aromatic N) is 1. The zero-order valence-electron chi connectivity index (χ0n) is 9.49. The van der Waals surface area contributed by atoms with Crippen molar-refractivity contribution in [2.24, 2.45) is 0 Å². The molecule has 6 nitrogen and oxygen atoms in total. The molecule has 0 aromatic heterocycles. The standard InChI is InChI=1S/C10H16N2O4/c1-3-8(13)12-5-4-11-10(15)7(12)6-9(14)16-2/h7H,3-6H2,1-2H3,(H,11,15). The lowest BCUT2D eigenvalue weighted by Gasteiger charge is -2.34. The summed E-state index contributed by atoms with van der Waals surface area (Å²) in [7, 11) is 1.26. The van der Waals surface area contributed by atoms with E-state index in [4.69, 9.17) is 0 Å². The van der Waals surface area contributed by atoms with Crippen LogP contribution in [0.2, 0.25) is 0 Å². The van der Waals surface area contributed by atoms with Crippen molar-refractivity contribution in [1.29, 1.82) is 0 Å². The number of hydrogen-bond acceptors (Lipinski definition) is 4. The number of amides is 2. The molecule has 0 radical (unpaired) electrons. The van der Waals surface area contributed by atoms with Gasteiger partial charge in [-0.2, -0.15) is 0 Å². The average molecular weight is 228 g/mol. The van der Waals surface area contributed by atoms with Crippen LogP contribution in [0.3, 0.4) is 0 Å². The Morgan fingerprint density at radius 3 is 2.81 bits per heavy atom. The number of rotatable bonds is 3. The Balaban J connectivity index is 2.75. The lowest BCUT2D eigenvalue weighted by molar-refractivity contribution is -0.150. The van der Waals surface area contributed by atoms with E-state index in [1.165, 1.54) is 12.0 Å². The fourth-order valence-corrected chi connectivity index (χ4v) is 1.66. The smallest absolute Gasteiger partial charge is 0.308 e. The van der Waals surface area contributed by atoms with Gasteiger partial charge < -0.3 is 15.0 Å². The Kier molecular flexibility index (Phi) is 4.28. The predicted octanol–water partition coefficient (Wildman–Crippen LogP) is -0.713. The van der Waals surface area contributed by atoms with Gasteiger partial charge in [0.15, 0.2) is 0 Å². The van der Waals surface area contributed by atoms with E-state index < -0.39 is 12.0 Å². The summed E-state index contributed by atoms with van der Waals surface area (Å²) in [6.45, 7) is 2.60. The number of nitrogens with one attached hydrogen (secondary N) is 1. The van der Waals surface area contributed by atoms with Crippen molar-refractivity contribution < 1.29 is 19.1 Å². The van der Waals surface area contributed by atoms with Crippen molar-refractivity contribution in [1.82, 2.24) is 10.2 Å². The molecule has 1 heterocycles. The van der Waals surface area contributed by atoms with E-state index in [-0.39, 0.29) is 18.2 Å². The lowest BCUT2D eigenvalue weighted by Crippen LogP contribution is -2.57. The van der Waals surface area contributed by atoms with E-state index in [2.05, 4.69) is 10.1 Å². The first-order valence-corrected chi connectivity index (χ1v) is 5.24. The van der Waals surface area contributed by atoms with Gasteiger partial charge in [0, 0.05) is 19.5 Å². The summed E-state index contributed by atoms with van der Waals surface area (Å²) in [5.41, 5.74) is 0. The van der Waals surface area contributed by atoms with E-state index in [9.17, 15) is 14.4 Å². The van der Waals surface area contributed by atoms with Gasteiger partial charge in [-0.15, -0.1) is 0 Å². The van der Waals surface area contributed by atoms with Crippen molar-refractivity contribution in [3.8, 4) is 0 Å². The Morgan fingerprint density at radius 2 is 2.25 bits per heavy atom. The number of piperazine rings is 1. The predicted molar refractivity (Wildman–Crippen MR) is 55.4 cm³/mol. The fraction of sp³-hybridized carbons (Fsp3) is 0.700. The van der Waals surface area contributed by atoms with E-state index >= 15 is 0 Å². The Morgan fingerprint density at radius 1 is 1.56 bits per heavy atom. The highest BCUT2D eigenvalue weighted by atomic mass is 16.5. The fourth-order valence-electron chi connectivity index (χ4n) is 1.66. The number of carbonyl (C=O) groups is 3. The van der Waals surface area contributed by atoms with Gasteiger partial charge in [0.2, 0.25) is 11.8 Å². The molecular formula is C10H16N2O4. The van der Waals surface area contributed by atoms with E-state index in [0.29, 0.717) is 19.5 Å². The quantitative estimate of drug-likeness (QED) is 0.647. The Bertz CT molecular complexity index is 303. The topological polar surface area (TPSA) is 75.7 Å². The zero-order valence-corrected chi connectivity index (χ0v) is 9.49. The van der Waals surface area contributed by atoms with Crippen LogP contribution in [0.15, 0.2) is 0 Å². The summed E-state index contributed by atoms with van der Waals surface area (Å²) < 4.78 is 4.51. The first-order chi connectivity index (χ1) is 7.60. The first kappa shape index (κ1) is 12.5. The van der Waals surface area contributed by atoms with Crippen LogP contribution in [-0.2, 0) is 19.1 Å². The largest absolute Gasteiger partial charge is 0.469 e. The first-order valence-electron chi connectivity index (χ1n) is 5.24. The molecular weight excluding hydrogens is 212 g/mol. The molecule has 6 heteroatoms. The number of esters is 1. The number of carbonyl (C=O) groups excluding carboxylic acids is 3. The van der Waals surface area contributed by atoms with Crippen molar-refractivity contribution in [2.75, 3.05) is 20.2 Å². The molecule has 2 amide bonds. The van der Waals surface area contributed by atoms with Crippen LogP contribution in [0.1, 0.15) is 19.8 Å². The molecule has 1 unspecified atom stereocenters. The van der Waals surface area contributed by atoms with Gasteiger partial charge in [-0.1, -0.05) is 6.92 Å². The van der Waals surface area contributed by atoms with Crippen LogP contribution in [0.4, 0.5) is 0 Å². The summed E-state index contributed by atoms with van der Waals surface area (Å²) in [6, 6.07) is -0.728. The number of methoxy groups -OCH3 is 1. The molecule has 0 aliphatic carbocycles. The molecule has 16 heavy (non-hydrogen) atoms. The third-order valence-corrected chi connectivity index (χ3v) is 2.54.